The van der Waals surface area contributed by atoms with E-state index in [2.05, 4.69) is 170 Å². The number of benzene rings is 9. The third-order valence-electron chi connectivity index (χ3n) is 11.1. The second-order valence-electron chi connectivity index (χ2n) is 14.5. The van der Waals surface area contributed by atoms with Gasteiger partial charge in [0, 0.05) is 27.5 Å². The van der Waals surface area contributed by atoms with Gasteiger partial charge in [-0.05, 0) is 103 Å². The van der Waals surface area contributed by atoms with Crippen LogP contribution in [0.15, 0.2) is 211 Å². The van der Waals surface area contributed by atoms with E-state index >= 15 is 0 Å². The van der Waals surface area contributed by atoms with Gasteiger partial charge in [0.05, 0.1) is 11.4 Å². The maximum atomic E-state index is 6.25. The molecule has 0 saturated heterocycles. The topological polar surface area (TPSA) is 38.9 Å². The van der Waals surface area contributed by atoms with Crippen molar-refractivity contribution < 1.29 is 4.42 Å². The second-order valence-corrected chi connectivity index (χ2v) is 14.5. The lowest BCUT2D eigenvalue weighted by Gasteiger charge is -2.17. The minimum atomic E-state index is 0.688. The predicted octanol–water partition coefficient (Wildman–Crippen LogP) is 14.7. The Morgan fingerprint density at radius 2 is 0.860 bits per heavy atom. The first-order valence-electron chi connectivity index (χ1n) is 19.3. The first kappa shape index (κ1) is 32.8. The van der Waals surface area contributed by atoms with Crippen LogP contribution in [0.4, 0.5) is 0 Å². The van der Waals surface area contributed by atoms with Crippen molar-refractivity contribution in [1.29, 1.82) is 0 Å². The van der Waals surface area contributed by atoms with Gasteiger partial charge in [-0.3, -0.25) is 0 Å². The zero-order valence-electron chi connectivity index (χ0n) is 30.9. The van der Waals surface area contributed by atoms with Crippen molar-refractivity contribution in [2.75, 3.05) is 0 Å². The molecule has 266 valence electrons. The highest BCUT2D eigenvalue weighted by atomic mass is 16.3. The average molecular weight is 727 g/mol. The third-order valence-corrected chi connectivity index (χ3v) is 11.1. The Hall–Kier alpha value is -7.62. The Morgan fingerprint density at radius 3 is 1.67 bits per heavy atom. The summed E-state index contributed by atoms with van der Waals surface area (Å²) >= 11 is 0. The van der Waals surface area contributed by atoms with E-state index in [9.17, 15) is 0 Å². The molecule has 11 rings (SSSR count). The number of furan rings is 1. The van der Waals surface area contributed by atoms with Gasteiger partial charge < -0.3 is 4.42 Å². The summed E-state index contributed by atoms with van der Waals surface area (Å²) in [6, 6.07) is 73.0. The van der Waals surface area contributed by atoms with Gasteiger partial charge in [-0.1, -0.05) is 158 Å². The Morgan fingerprint density at radius 1 is 0.281 bits per heavy atom. The van der Waals surface area contributed by atoms with Crippen molar-refractivity contribution >= 4 is 43.5 Å². The van der Waals surface area contributed by atoms with E-state index in [-0.39, 0.29) is 0 Å². The van der Waals surface area contributed by atoms with E-state index in [0.717, 1.165) is 72.3 Å². The first-order valence-corrected chi connectivity index (χ1v) is 19.3. The quantitative estimate of drug-likeness (QED) is 0.160. The summed E-state index contributed by atoms with van der Waals surface area (Å²) in [6.07, 6.45) is 0. The maximum absolute atomic E-state index is 6.25. The van der Waals surface area contributed by atoms with Gasteiger partial charge in [-0.15, -0.1) is 0 Å². The minimum absolute atomic E-state index is 0.688. The van der Waals surface area contributed by atoms with E-state index in [0.29, 0.717) is 5.82 Å². The number of aromatic nitrogens is 2. The molecule has 3 nitrogen and oxygen atoms in total. The van der Waals surface area contributed by atoms with Crippen LogP contribution in [0.3, 0.4) is 0 Å². The molecule has 0 fully saturated rings. The van der Waals surface area contributed by atoms with Gasteiger partial charge in [0.2, 0.25) is 0 Å². The molecular formula is C54H34N2O. The van der Waals surface area contributed by atoms with Crippen LogP contribution in [0.25, 0.3) is 111 Å². The fraction of sp³-hybridized carbons (Fsp3) is 0. The molecule has 9 aromatic carbocycles. The fourth-order valence-corrected chi connectivity index (χ4v) is 8.32. The third kappa shape index (κ3) is 5.85. The predicted molar refractivity (Wildman–Crippen MR) is 237 cm³/mol. The maximum Gasteiger partial charge on any atom is 0.160 e. The van der Waals surface area contributed by atoms with Gasteiger partial charge in [0.15, 0.2) is 5.82 Å². The van der Waals surface area contributed by atoms with E-state index in [4.69, 9.17) is 14.4 Å². The summed E-state index contributed by atoms with van der Waals surface area (Å²) in [7, 11) is 0. The summed E-state index contributed by atoms with van der Waals surface area (Å²) < 4.78 is 6.25. The Balaban J connectivity index is 1.17. The number of para-hydroxylation sites is 1. The SMILES string of the molecule is c1ccc(-c2cc(-c3cc(-c4ccc5oc6ccccc6c5c4)cc(-c4ccccc4-c4cc5ccccc5c5ccccc45)c3)nc(-c3ccccc3)n2)cc1. The van der Waals surface area contributed by atoms with Gasteiger partial charge >= 0.3 is 0 Å². The Labute approximate surface area is 330 Å². The number of rotatable bonds is 6. The molecule has 0 unspecified atom stereocenters. The summed E-state index contributed by atoms with van der Waals surface area (Å²) in [5.41, 5.74) is 13.3. The van der Waals surface area contributed by atoms with Crippen LogP contribution in [-0.2, 0) is 0 Å². The molecule has 0 aliphatic heterocycles. The normalized spacial score (nSPS) is 11.5. The lowest BCUT2D eigenvalue weighted by Crippen LogP contribution is -1.97. The van der Waals surface area contributed by atoms with Gasteiger partial charge in [0.1, 0.15) is 11.2 Å². The standard InChI is InChI=1S/C54H34N2O/c1-3-15-35(16-4-1)50-34-51(56-54(55-50)36-17-5-2-6-18-36)41-30-39(37-27-28-53-49(32-37)47-25-13-14-26-52(47)57-53)29-40(31-41)43-21-9-10-23-45(43)48-33-38-19-7-8-20-42(38)44-22-11-12-24-46(44)48/h1-34H. The van der Waals surface area contributed by atoms with Crippen molar-refractivity contribution in [3.63, 3.8) is 0 Å². The van der Waals surface area contributed by atoms with Crippen LogP contribution in [0.2, 0.25) is 0 Å². The fourth-order valence-electron chi connectivity index (χ4n) is 8.32. The molecule has 0 amide bonds. The van der Waals surface area contributed by atoms with Crippen molar-refractivity contribution in [2.24, 2.45) is 0 Å². The van der Waals surface area contributed by atoms with Crippen LogP contribution in [-0.4, -0.2) is 9.97 Å². The molecule has 0 N–H and O–H groups in total. The second kappa shape index (κ2) is 13.6. The molecular weight excluding hydrogens is 693 g/mol. The molecule has 0 spiro atoms. The van der Waals surface area contributed by atoms with E-state index in [1.807, 2.05) is 36.4 Å². The summed E-state index contributed by atoms with van der Waals surface area (Å²) in [5.74, 6) is 0.688. The Kier molecular flexibility index (Phi) is 7.82. The van der Waals surface area contributed by atoms with Crippen LogP contribution >= 0.6 is 0 Å². The molecule has 0 aliphatic carbocycles. The highest BCUT2D eigenvalue weighted by molar-refractivity contribution is 6.15. The molecule has 0 radical (unpaired) electrons. The van der Waals surface area contributed by atoms with E-state index < -0.39 is 0 Å². The van der Waals surface area contributed by atoms with Gasteiger partial charge in [0.25, 0.3) is 0 Å². The largest absolute Gasteiger partial charge is 0.456 e. The average Bonchev–Trinajstić information content (AvgIpc) is 3.67. The number of hydrogen-bond acceptors (Lipinski definition) is 3. The molecule has 0 aliphatic rings. The smallest absolute Gasteiger partial charge is 0.160 e. The minimum Gasteiger partial charge on any atom is -0.456 e. The number of nitrogens with zero attached hydrogens (tertiary/aromatic N) is 2. The van der Waals surface area contributed by atoms with Crippen molar-refractivity contribution in [3.8, 4) is 67.3 Å². The summed E-state index contributed by atoms with van der Waals surface area (Å²) in [5, 5.41) is 7.16. The molecule has 2 aromatic heterocycles. The zero-order chi connectivity index (χ0) is 37.7. The first-order chi connectivity index (χ1) is 28.2. The van der Waals surface area contributed by atoms with E-state index in [1.165, 1.54) is 32.7 Å². The van der Waals surface area contributed by atoms with Crippen molar-refractivity contribution in [2.45, 2.75) is 0 Å². The molecule has 0 saturated carbocycles. The number of hydrogen-bond donors (Lipinski definition) is 0. The lowest BCUT2D eigenvalue weighted by molar-refractivity contribution is 0.669. The monoisotopic (exact) mass is 726 g/mol. The van der Waals surface area contributed by atoms with Crippen LogP contribution < -0.4 is 0 Å². The van der Waals surface area contributed by atoms with Gasteiger partial charge in [-0.25, -0.2) is 9.97 Å². The molecule has 3 heteroatoms. The van der Waals surface area contributed by atoms with Crippen LogP contribution in [0, 0.1) is 0 Å². The summed E-state index contributed by atoms with van der Waals surface area (Å²) in [6.45, 7) is 0. The van der Waals surface area contributed by atoms with E-state index in [1.54, 1.807) is 0 Å². The highest BCUT2D eigenvalue weighted by Gasteiger charge is 2.18. The number of fused-ring (bicyclic) bond motifs is 6. The Bertz CT molecular complexity index is 3230. The molecule has 0 atom stereocenters. The molecule has 57 heavy (non-hydrogen) atoms. The van der Waals surface area contributed by atoms with Crippen molar-refractivity contribution in [3.05, 3.63) is 206 Å². The molecule has 2 heterocycles. The van der Waals surface area contributed by atoms with Crippen LogP contribution in [0.5, 0.6) is 0 Å². The van der Waals surface area contributed by atoms with Gasteiger partial charge in [-0.2, -0.15) is 0 Å². The lowest BCUT2D eigenvalue weighted by atomic mass is 9.87. The summed E-state index contributed by atoms with van der Waals surface area (Å²) in [4.78, 5) is 10.4. The zero-order valence-corrected chi connectivity index (χ0v) is 30.9. The van der Waals surface area contributed by atoms with Crippen LogP contribution in [0.1, 0.15) is 0 Å². The molecule has 11 aromatic rings. The molecule has 0 bridgehead atoms. The van der Waals surface area contributed by atoms with Crippen molar-refractivity contribution in [1.82, 2.24) is 9.97 Å². The highest BCUT2D eigenvalue weighted by Crippen LogP contribution is 2.42.